The summed E-state index contributed by atoms with van der Waals surface area (Å²) >= 11 is 0. The molecule has 1 atom stereocenters. The molecule has 0 aliphatic heterocycles. The highest BCUT2D eigenvalue weighted by atomic mass is 16.4. The van der Waals surface area contributed by atoms with Crippen LogP contribution >= 0.6 is 0 Å². The van der Waals surface area contributed by atoms with Crippen molar-refractivity contribution in [2.75, 3.05) is 6.54 Å². The molecule has 0 aliphatic rings. The number of aromatic nitrogens is 2. The van der Waals surface area contributed by atoms with Gasteiger partial charge in [0.25, 0.3) is 5.91 Å². The van der Waals surface area contributed by atoms with Crippen molar-refractivity contribution < 1.29 is 19.8 Å². The number of nitrogens with one attached hydrogen (secondary N) is 3. The minimum atomic E-state index is -1.51. The largest absolute Gasteiger partial charge is 0.479 e. The number of H-pyrrole nitrogens is 2. The van der Waals surface area contributed by atoms with Gasteiger partial charge >= 0.3 is 11.7 Å². The van der Waals surface area contributed by atoms with Gasteiger partial charge in [-0.25, -0.2) is 9.59 Å². The topological polar surface area (TPSA) is 135 Å². The molecule has 1 rings (SSSR count). The van der Waals surface area contributed by atoms with Crippen LogP contribution in [-0.4, -0.2) is 44.7 Å². The number of aliphatic hydroxyl groups excluding tert-OH is 1. The van der Waals surface area contributed by atoms with Crippen molar-refractivity contribution in [1.82, 2.24) is 15.3 Å². The molecule has 1 aromatic heterocycles. The monoisotopic (exact) mass is 229 g/mol. The summed E-state index contributed by atoms with van der Waals surface area (Å²) in [6.07, 6.45) is -0.410. The zero-order valence-corrected chi connectivity index (χ0v) is 8.19. The van der Waals surface area contributed by atoms with E-state index >= 15 is 0 Å². The summed E-state index contributed by atoms with van der Waals surface area (Å²) in [5, 5.41) is 19.6. The molecule has 0 saturated carbocycles. The van der Waals surface area contributed by atoms with Crippen LogP contribution in [-0.2, 0) is 4.79 Å². The Bertz CT molecular complexity index is 435. The molecule has 0 radical (unpaired) electrons. The summed E-state index contributed by atoms with van der Waals surface area (Å²) in [5.74, 6) is -1.89. The van der Waals surface area contributed by atoms with Gasteiger partial charge in [-0.05, 0) is 0 Å². The lowest BCUT2D eigenvalue weighted by molar-refractivity contribution is -0.146. The number of amides is 1. The maximum absolute atomic E-state index is 11.3. The maximum Gasteiger partial charge on any atom is 0.332 e. The van der Waals surface area contributed by atoms with Crippen molar-refractivity contribution >= 4 is 11.9 Å². The van der Waals surface area contributed by atoms with Crippen molar-refractivity contribution in [2.45, 2.75) is 12.5 Å². The Labute approximate surface area is 89.3 Å². The molecule has 0 bridgehead atoms. The second kappa shape index (κ2) is 5.12. The molecular weight excluding hydrogens is 218 g/mol. The molecule has 0 aliphatic carbocycles. The van der Waals surface area contributed by atoms with E-state index in [0.717, 1.165) is 0 Å². The highest BCUT2D eigenvalue weighted by Crippen LogP contribution is 1.91. The van der Waals surface area contributed by atoms with Crippen molar-refractivity contribution in [2.24, 2.45) is 0 Å². The normalized spacial score (nSPS) is 12.1. The molecule has 5 N–H and O–H groups in total. The van der Waals surface area contributed by atoms with Gasteiger partial charge in [-0.2, -0.15) is 0 Å². The minimum Gasteiger partial charge on any atom is -0.479 e. The van der Waals surface area contributed by atoms with Crippen LogP contribution in [0, 0.1) is 0 Å². The van der Waals surface area contributed by atoms with Gasteiger partial charge in [0.05, 0.1) is 0 Å². The molecule has 0 saturated heterocycles. The van der Waals surface area contributed by atoms with Crippen LogP contribution in [0.15, 0.2) is 11.0 Å². The van der Waals surface area contributed by atoms with Gasteiger partial charge < -0.3 is 25.5 Å². The Hall–Kier alpha value is -2.09. The third-order valence-corrected chi connectivity index (χ3v) is 1.83. The van der Waals surface area contributed by atoms with Crippen LogP contribution in [0.4, 0.5) is 0 Å². The first-order valence-electron chi connectivity index (χ1n) is 4.47. The zero-order chi connectivity index (χ0) is 12.1. The van der Waals surface area contributed by atoms with E-state index in [2.05, 4.69) is 15.3 Å². The Balaban J connectivity index is 2.36. The van der Waals surface area contributed by atoms with E-state index in [1.807, 2.05) is 0 Å². The average Bonchev–Trinajstić information content (AvgIpc) is 2.64. The van der Waals surface area contributed by atoms with Crippen LogP contribution in [0.3, 0.4) is 0 Å². The molecular formula is C8H11N3O5. The number of aliphatic hydroxyl groups is 1. The van der Waals surface area contributed by atoms with Crippen molar-refractivity contribution in [1.29, 1.82) is 0 Å². The second-order valence-electron chi connectivity index (χ2n) is 3.06. The van der Waals surface area contributed by atoms with Crippen LogP contribution in [0.2, 0.25) is 0 Å². The summed E-state index contributed by atoms with van der Waals surface area (Å²) in [5.41, 5.74) is -0.453. The van der Waals surface area contributed by atoms with E-state index in [0.29, 0.717) is 0 Å². The lowest BCUT2D eigenvalue weighted by Crippen LogP contribution is -2.30. The molecule has 8 heteroatoms. The van der Waals surface area contributed by atoms with E-state index in [9.17, 15) is 14.4 Å². The SMILES string of the molecule is O=C(NCC[C@H](O)C(=O)O)c1c[nH]c(=O)[nH]1. The third-order valence-electron chi connectivity index (χ3n) is 1.83. The predicted molar refractivity (Wildman–Crippen MR) is 52.0 cm³/mol. The van der Waals surface area contributed by atoms with Crippen LogP contribution in [0.1, 0.15) is 16.9 Å². The van der Waals surface area contributed by atoms with Gasteiger partial charge in [-0.15, -0.1) is 0 Å². The molecule has 0 unspecified atom stereocenters. The number of aliphatic carboxylic acids is 1. The van der Waals surface area contributed by atoms with Crippen LogP contribution in [0.5, 0.6) is 0 Å². The standard InChI is InChI=1S/C8H11N3O5/c12-5(7(14)15)1-2-9-6(13)4-3-10-8(16)11-4/h3,5,12H,1-2H2,(H,9,13)(H,14,15)(H2,10,11,16)/t5-/m0/s1. The van der Waals surface area contributed by atoms with E-state index in [4.69, 9.17) is 10.2 Å². The number of rotatable bonds is 5. The number of carboxylic acids is 1. The first kappa shape index (κ1) is 12.0. The number of carbonyl (C=O) groups excluding carboxylic acids is 1. The summed E-state index contributed by atoms with van der Waals surface area (Å²) in [6.45, 7) is -0.000486. The van der Waals surface area contributed by atoms with Gasteiger partial charge in [0.1, 0.15) is 5.69 Å². The summed E-state index contributed by atoms with van der Waals surface area (Å²) in [7, 11) is 0. The number of aromatic amines is 2. The number of carbonyl (C=O) groups is 2. The maximum atomic E-state index is 11.3. The summed E-state index contributed by atoms with van der Waals surface area (Å²) in [6, 6.07) is 0. The van der Waals surface area contributed by atoms with E-state index in [1.54, 1.807) is 0 Å². The average molecular weight is 229 g/mol. The highest BCUT2D eigenvalue weighted by Gasteiger charge is 2.13. The molecule has 0 spiro atoms. The fourth-order valence-corrected chi connectivity index (χ4v) is 0.996. The molecule has 1 heterocycles. The smallest absolute Gasteiger partial charge is 0.332 e. The second-order valence-corrected chi connectivity index (χ2v) is 3.06. The number of hydrogen-bond donors (Lipinski definition) is 5. The molecule has 1 aromatic rings. The molecule has 0 aromatic carbocycles. The molecule has 1 amide bonds. The van der Waals surface area contributed by atoms with E-state index in [1.165, 1.54) is 6.20 Å². The lowest BCUT2D eigenvalue weighted by Gasteiger charge is -2.05. The van der Waals surface area contributed by atoms with Crippen molar-refractivity contribution in [3.8, 4) is 0 Å². The Morgan fingerprint density at radius 1 is 1.50 bits per heavy atom. The minimum absolute atomic E-state index is 0.000486. The van der Waals surface area contributed by atoms with Crippen LogP contribution in [0.25, 0.3) is 0 Å². The fourth-order valence-electron chi connectivity index (χ4n) is 0.996. The quantitative estimate of drug-likeness (QED) is 0.408. The first-order valence-corrected chi connectivity index (χ1v) is 4.47. The zero-order valence-electron chi connectivity index (χ0n) is 8.19. The van der Waals surface area contributed by atoms with Crippen LogP contribution < -0.4 is 11.0 Å². The molecule has 88 valence electrons. The Kier molecular flexibility index (Phi) is 3.84. The van der Waals surface area contributed by atoms with Gasteiger partial charge in [0.2, 0.25) is 0 Å². The Morgan fingerprint density at radius 2 is 2.19 bits per heavy atom. The number of imidazole rings is 1. The highest BCUT2D eigenvalue weighted by molar-refractivity contribution is 5.91. The fraction of sp³-hybridized carbons (Fsp3) is 0.375. The summed E-state index contributed by atoms with van der Waals surface area (Å²) < 4.78 is 0. The lowest BCUT2D eigenvalue weighted by atomic mass is 10.2. The van der Waals surface area contributed by atoms with Gasteiger partial charge in [-0.1, -0.05) is 0 Å². The predicted octanol–water partition coefficient (Wildman–Crippen LogP) is -1.73. The van der Waals surface area contributed by atoms with Gasteiger partial charge in [0.15, 0.2) is 6.10 Å². The molecule has 16 heavy (non-hydrogen) atoms. The Morgan fingerprint density at radius 3 is 2.69 bits per heavy atom. The van der Waals surface area contributed by atoms with E-state index < -0.39 is 23.7 Å². The van der Waals surface area contributed by atoms with Crippen molar-refractivity contribution in [3.63, 3.8) is 0 Å². The van der Waals surface area contributed by atoms with Crippen molar-refractivity contribution in [3.05, 3.63) is 22.4 Å². The summed E-state index contributed by atoms with van der Waals surface area (Å²) in [4.78, 5) is 36.7. The third kappa shape index (κ3) is 3.24. The molecule has 0 fully saturated rings. The van der Waals surface area contributed by atoms with Gasteiger partial charge in [-0.3, -0.25) is 4.79 Å². The molecule has 8 nitrogen and oxygen atoms in total. The number of hydrogen-bond acceptors (Lipinski definition) is 4. The number of carboxylic acid groups (broad SMARTS) is 1. The van der Waals surface area contributed by atoms with E-state index in [-0.39, 0.29) is 18.7 Å². The first-order chi connectivity index (χ1) is 7.50. The van der Waals surface area contributed by atoms with Gasteiger partial charge in [0, 0.05) is 19.2 Å².